The zero-order chi connectivity index (χ0) is 13.4. The zero-order valence-electron chi connectivity index (χ0n) is 11.5. The Balaban J connectivity index is 2.02. The second-order valence-electron chi connectivity index (χ2n) is 5.48. The van der Waals surface area contributed by atoms with E-state index < -0.39 is 0 Å². The van der Waals surface area contributed by atoms with Crippen molar-refractivity contribution in [3.8, 4) is 0 Å². The Morgan fingerprint density at radius 1 is 0.947 bits per heavy atom. The molecule has 0 N–H and O–H groups in total. The first kappa shape index (κ1) is 12.2. The molecule has 19 heavy (non-hydrogen) atoms. The fourth-order valence-corrected chi connectivity index (χ4v) is 2.85. The van der Waals surface area contributed by atoms with Crippen molar-refractivity contribution in [2.24, 2.45) is 0 Å². The van der Waals surface area contributed by atoms with Crippen molar-refractivity contribution in [1.82, 2.24) is 0 Å². The van der Waals surface area contributed by atoms with E-state index in [-0.39, 0.29) is 5.78 Å². The molecule has 1 aliphatic carbocycles. The summed E-state index contributed by atoms with van der Waals surface area (Å²) in [6.07, 6.45) is 3.49. The van der Waals surface area contributed by atoms with Crippen LogP contribution < -0.4 is 0 Å². The number of ketones is 1. The Labute approximate surface area is 114 Å². The molecule has 0 atom stereocenters. The topological polar surface area (TPSA) is 17.1 Å². The van der Waals surface area contributed by atoms with Crippen LogP contribution in [0.5, 0.6) is 0 Å². The van der Waals surface area contributed by atoms with Gasteiger partial charge in [0.05, 0.1) is 0 Å². The minimum absolute atomic E-state index is 0.149. The van der Waals surface area contributed by atoms with Gasteiger partial charge in [0.15, 0.2) is 5.78 Å². The molecule has 2 aromatic carbocycles. The maximum Gasteiger partial charge on any atom is 0.193 e. The summed E-state index contributed by atoms with van der Waals surface area (Å²) in [5, 5.41) is 0. The van der Waals surface area contributed by atoms with E-state index in [1.165, 1.54) is 17.5 Å². The van der Waals surface area contributed by atoms with Crippen molar-refractivity contribution in [2.45, 2.75) is 33.1 Å². The first-order valence-corrected chi connectivity index (χ1v) is 6.89. The van der Waals surface area contributed by atoms with Gasteiger partial charge in [0.25, 0.3) is 0 Å². The third-order valence-corrected chi connectivity index (χ3v) is 4.00. The summed E-state index contributed by atoms with van der Waals surface area (Å²) in [5.41, 5.74) is 6.62. The lowest BCUT2D eigenvalue weighted by molar-refractivity contribution is 0.103. The predicted molar refractivity (Wildman–Crippen MR) is 77.8 cm³/mol. The third kappa shape index (κ3) is 2.21. The average Bonchev–Trinajstić information content (AvgIpc) is 2.88. The van der Waals surface area contributed by atoms with Crippen LogP contribution in [0.1, 0.15) is 44.6 Å². The molecule has 0 saturated carbocycles. The largest absolute Gasteiger partial charge is 0.289 e. The number of carbonyl (C=O) groups excluding carboxylic acids is 1. The van der Waals surface area contributed by atoms with Gasteiger partial charge in [-0.15, -0.1) is 0 Å². The van der Waals surface area contributed by atoms with Crippen LogP contribution >= 0.6 is 0 Å². The Bertz CT molecular complexity index is 653. The fourth-order valence-electron chi connectivity index (χ4n) is 2.85. The second kappa shape index (κ2) is 4.65. The lowest BCUT2D eigenvalue weighted by atomic mass is 9.95. The Morgan fingerprint density at radius 3 is 2.58 bits per heavy atom. The highest BCUT2D eigenvalue weighted by molar-refractivity contribution is 6.10. The first-order chi connectivity index (χ1) is 9.15. The van der Waals surface area contributed by atoms with Gasteiger partial charge in [-0.1, -0.05) is 29.8 Å². The highest BCUT2D eigenvalue weighted by atomic mass is 16.1. The number of hydrogen-bond donors (Lipinski definition) is 0. The summed E-state index contributed by atoms with van der Waals surface area (Å²) in [4.78, 5) is 12.6. The highest BCUT2D eigenvalue weighted by Gasteiger charge is 2.16. The minimum atomic E-state index is 0.149. The van der Waals surface area contributed by atoms with Crippen molar-refractivity contribution in [3.63, 3.8) is 0 Å². The molecule has 96 valence electrons. The number of benzene rings is 2. The van der Waals surface area contributed by atoms with E-state index in [9.17, 15) is 4.79 Å². The molecule has 1 aliphatic rings. The van der Waals surface area contributed by atoms with Gasteiger partial charge in [0.2, 0.25) is 0 Å². The van der Waals surface area contributed by atoms with Crippen LogP contribution in [0.4, 0.5) is 0 Å². The van der Waals surface area contributed by atoms with Crippen molar-refractivity contribution in [3.05, 3.63) is 69.8 Å². The van der Waals surface area contributed by atoms with E-state index in [2.05, 4.69) is 18.2 Å². The molecule has 0 bridgehead atoms. The predicted octanol–water partition coefficient (Wildman–Crippen LogP) is 4.02. The molecular formula is C18H18O. The van der Waals surface area contributed by atoms with E-state index in [1.807, 2.05) is 32.0 Å². The van der Waals surface area contributed by atoms with Crippen molar-refractivity contribution < 1.29 is 4.79 Å². The lowest BCUT2D eigenvalue weighted by Crippen LogP contribution is -2.05. The molecule has 0 unspecified atom stereocenters. The molecule has 0 aliphatic heterocycles. The van der Waals surface area contributed by atoms with Gasteiger partial charge in [0, 0.05) is 11.1 Å². The fraction of sp³-hybridized carbons (Fsp3) is 0.278. The molecule has 0 fully saturated rings. The summed E-state index contributed by atoms with van der Waals surface area (Å²) in [7, 11) is 0. The van der Waals surface area contributed by atoms with Crippen LogP contribution in [-0.2, 0) is 12.8 Å². The van der Waals surface area contributed by atoms with Crippen LogP contribution in [0, 0.1) is 13.8 Å². The van der Waals surface area contributed by atoms with Crippen LogP contribution in [0.15, 0.2) is 36.4 Å². The van der Waals surface area contributed by atoms with Crippen LogP contribution in [-0.4, -0.2) is 5.78 Å². The first-order valence-electron chi connectivity index (χ1n) is 6.89. The summed E-state index contributed by atoms with van der Waals surface area (Å²) >= 11 is 0. The molecule has 1 nitrogen and oxygen atoms in total. The molecule has 3 rings (SSSR count). The Kier molecular flexibility index (Phi) is 2.98. The smallest absolute Gasteiger partial charge is 0.193 e. The molecule has 0 aromatic heterocycles. The summed E-state index contributed by atoms with van der Waals surface area (Å²) in [6, 6.07) is 12.3. The van der Waals surface area contributed by atoms with Crippen LogP contribution in [0.3, 0.4) is 0 Å². The Hall–Kier alpha value is -1.89. The standard InChI is InChI=1S/C18H18O/c1-12-6-7-13(2)17(10-12)18(19)16-9-8-14-4-3-5-15(14)11-16/h6-11H,3-5H2,1-2H3. The molecule has 0 radical (unpaired) electrons. The molecule has 2 aromatic rings. The van der Waals surface area contributed by atoms with E-state index >= 15 is 0 Å². The van der Waals surface area contributed by atoms with Crippen LogP contribution in [0.25, 0.3) is 0 Å². The molecule has 0 spiro atoms. The molecule has 0 saturated heterocycles. The van der Waals surface area contributed by atoms with Gasteiger partial charge in [-0.3, -0.25) is 4.79 Å². The Morgan fingerprint density at radius 2 is 1.74 bits per heavy atom. The molecule has 0 amide bonds. The van der Waals surface area contributed by atoms with E-state index in [0.717, 1.165) is 35.1 Å². The van der Waals surface area contributed by atoms with Gasteiger partial charge in [-0.05, 0) is 61.9 Å². The van der Waals surface area contributed by atoms with Gasteiger partial charge >= 0.3 is 0 Å². The van der Waals surface area contributed by atoms with Gasteiger partial charge in [-0.25, -0.2) is 0 Å². The van der Waals surface area contributed by atoms with Crippen molar-refractivity contribution in [1.29, 1.82) is 0 Å². The summed E-state index contributed by atoms with van der Waals surface area (Å²) < 4.78 is 0. The number of rotatable bonds is 2. The highest BCUT2D eigenvalue weighted by Crippen LogP contribution is 2.24. The van der Waals surface area contributed by atoms with Gasteiger partial charge in [-0.2, -0.15) is 0 Å². The number of fused-ring (bicyclic) bond motifs is 1. The summed E-state index contributed by atoms with van der Waals surface area (Å²) in [6.45, 7) is 4.03. The third-order valence-electron chi connectivity index (χ3n) is 4.00. The number of carbonyl (C=O) groups is 1. The van der Waals surface area contributed by atoms with Crippen molar-refractivity contribution in [2.75, 3.05) is 0 Å². The van der Waals surface area contributed by atoms with Gasteiger partial charge in [0.1, 0.15) is 0 Å². The van der Waals surface area contributed by atoms with Crippen LogP contribution in [0.2, 0.25) is 0 Å². The molecule has 1 heteroatoms. The van der Waals surface area contributed by atoms with E-state index in [4.69, 9.17) is 0 Å². The number of aryl methyl sites for hydroxylation is 4. The molecular weight excluding hydrogens is 232 g/mol. The van der Waals surface area contributed by atoms with Gasteiger partial charge < -0.3 is 0 Å². The number of hydrogen-bond acceptors (Lipinski definition) is 1. The maximum absolute atomic E-state index is 12.6. The SMILES string of the molecule is Cc1ccc(C)c(C(=O)c2ccc3c(c2)CCC3)c1. The average molecular weight is 250 g/mol. The normalized spacial score (nSPS) is 13.4. The molecule has 0 heterocycles. The summed E-state index contributed by atoms with van der Waals surface area (Å²) in [5.74, 6) is 0.149. The monoisotopic (exact) mass is 250 g/mol. The van der Waals surface area contributed by atoms with Crippen molar-refractivity contribution >= 4 is 5.78 Å². The van der Waals surface area contributed by atoms with E-state index in [1.54, 1.807) is 0 Å². The lowest BCUT2D eigenvalue weighted by Gasteiger charge is -2.08. The van der Waals surface area contributed by atoms with E-state index in [0.29, 0.717) is 0 Å². The quantitative estimate of drug-likeness (QED) is 0.736. The zero-order valence-corrected chi connectivity index (χ0v) is 11.5. The minimum Gasteiger partial charge on any atom is -0.289 e. The second-order valence-corrected chi connectivity index (χ2v) is 5.48. The maximum atomic E-state index is 12.6.